The van der Waals surface area contributed by atoms with Gasteiger partial charge in [0.05, 0.1) is 0 Å². The zero-order valence-corrected chi connectivity index (χ0v) is 12.3. The van der Waals surface area contributed by atoms with E-state index in [4.69, 9.17) is 5.26 Å². The zero-order valence-electron chi connectivity index (χ0n) is 12.3. The summed E-state index contributed by atoms with van der Waals surface area (Å²) in [6.45, 7) is 1.12. The average Bonchev–Trinajstić information content (AvgIpc) is 2.51. The van der Waals surface area contributed by atoms with Gasteiger partial charge >= 0.3 is 6.18 Å². The lowest BCUT2D eigenvalue weighted by molar-refractivity contribution is -0.166. The normalized spacial score (nSPS) is 12.1. The van der Waals surface area contributed by atoms with Gasteiger partial charge in [-0.3, -0.25) is 4.79 Å². The van der Waals surface area contributed by atoms with E-state index in [1.54, 1.807) is 31.3 Å². The Morgan fingerprint density at radius 1 is 1.35 bits per heavy atom. The van der Waals surface area contributed by atoms with Crippen molar-refractivity contribution in [3.05, 3.63) is 47.9 Å². The summed E-state index contributed by atoms with van der Waals surface area (Å²) in [5, 5.41) is 10.4. The molecule has 1 aromatic heterocycles. The van der Waals surface area contributed by atoms with Gasteiger partial charge in [-0.05, 0) is 36.6 Å². The Balaban J connectivity index is 2.37. The first-order valence-electron chi connectivity index (χ1n) is 6.55. The fourth-order valence-corrected chi connectivity index (χ4v) is 2.12. The number of benzene rings is 1. The van der Waals surface area contributed by atoms with Crippen LogP contribution in [0, 0.1) is 11.3 Å². The van der Waals surface area contributed by atoms with E-state index in [1.165, 1.54) is 11.1 Å². The minimum atomic E-state index is -4.89. The van der Waals surface area contributed by atoms with Crippen LogP contribution in [0.2, 0.25) is 0 Å². The van der Waals surface area contributed by atoms with Crippen molar-refractivity contribution in [1.29, 1.82) is 5.26 Å². The van der Waals surface area contributed by atoms with Crippen molar-refractivity contribution in [3.63, 3.8) is 0 Å². The summed E-state index contributed by atoms with van der Waals surface area (Å²) in [5.74, 6) is -1.87. The maximum Gasteiger partial charge on any atom is 0.454 e. The van der Waals surface area contributed by atoms with Gasteiger partial charge in [0.15, 0.2) is 0 Å². The van der Waals surface area contributed by atoms with Crippen molar-refractivity contribution in [2.24, 2.45) is 0 Å². The number of alkyl halides is 3. The van der Waals surface area contributed by atoms with Crippen LogP contribution in [0.4, 0.5) is 18.9 Å². The molecule has 118 valence electrons. The number of nitrogens with zero attached hydrogens (tertiary/aromatic N) is 3. The Bertz CT molecular complexity index is 835. The number of hydrogen-bond acceptors (Lipinski definition) is 4. The average molecular weight is 319 g/mol. The van der Waals surface area contributed by atoms with Crippen LogP contribution in [0.3, 0.4) is 0 Å². The second kappa shape index (κ2) is 6.08. The van der Waals surface area contributed by atoms with Crippen LogP contribution in [0.25, 0.3) is 10.8 Å². The molecule has 2 rings (SSSR count). The number of hydrogen-bond donors (Lipinski definition) is 0. The lowest BCUT2D eigenvalue weighted by Gasteiger charge is -2.17. The number of allylic oxidation sites excluding steroid dienone is 1. The third-order valence-electron chi connectivity index (χ3n) is 3.26. The number of fused-ring (bicyclic) bond motifs is 1. The summed E-state index contributed by atoms with van der Waals surface area (Å²) in [4.78, 5) is 16.5. The second-order valence-electron chi connectivity index (χ2n) is 4.93. The molecule has 0 aliphatic heterocycles. The number of anilines is 1. The molecule has 0 unspecified atom stereocenters. The second-order valence-corrected chi connectivity index (χ2v) is 4.93. The maximum absolute atomic E-state index is 12.4. The maximum atomic E-state index is 12.4. The first-order chi connectivity index (χ1) is 10.7. The molecule has 4 nitrogen and oxygen atoms in total. The number of pyridine rings is 1. The predicted molar refractivity (Wildman–Crippen MR) is 79.7 cm³/mol. The van der Waals surface area contributed by atoms with Crippen LogP contribution in [-0.2, 0) is 4.79 Å². The van der Waals surface area contributed by atoms with E-state index in [2.05, 4.69) is 4.98 Å². The molecule has 0 N–H and O–H groups in total. The highest BCUT2D eigenvalue weighted by Gasteiger charge is 2.39. The summed E-state index contributed by atoms with van der Waals surface area (Å²) in [6.07, 6.45) is -2.28. The SMILES string of the molecule is C/C(=C/N(C)c1ccc2c(C#N)nccc2c1)C(=O)C(F)(F)F. The van der Waals surface area contributed by atoms with Crippen molar-refractivity contribution in [3.8, 4) is 6.07 Å². The standard InChI is InChI=1S/C16H12F3N3O/c1-10(15(23)16(17,18)19)9-22(2)12-3-4-13-11(7-12)5-6-21-14(13)8-20/h3-7,9H,1-2H3/b10-9-. The Labute approximate surface area is 130 Å². The van der Waals surface area contributed by atoms with Crippen molar-refractivity contribution in [1.82, 2.24) is 4.98 Å². The highest BCUT2D eigenvalue weighted by Crippen LogP contribution is 2.25. The molecule has 0 radical (unpaired) electrons. The fourth-order valence-electron chi connectivity index (χ4n) is 2.12. The fraction of sp³-hybridized carbons (Fsp3) is 0.188. The monoisotopic (exact) mass is 319 g/mol. The topological polar surface area (TPSA) is 57.0 Å². The van der Waals surface area contributed by atoms with E-state index in [9.17, 15) is 18.0 Å². The number of rotatable bonds is 3. The van der Waals surface area contributed by atoms with E-state index in [-0.39, 0.29) is 5.69 Å². The van der Waals surface area contributed by atoms with Crippen molar-refractivity contribution in [2.75, 3.05) is 11.9 Å². The molecule has 2 aromatic rings. The van der Waals surface area contributed by atoms with E-state index in [0.717, 1.165) is 18.5 Å². The van der Waals surface area contributed by atoms with Gasteiger partial charge < -0.3 is 4.90 Å². The van der Waals surface area contributed by atoms with Gasteiger partial charge in [0.2, 0.25) is 0 Å². The molecule has 0 aliphatic carbocycles. The Morgan fingerprint density at radius 3 is 2.65 bits per heavy atom. The van der Waals surface area contributed by atoms with Crippen molar-refractivity contribution < 1.29 is 18.0 Å². The summed E-state index contributed by atoms with van der Waals surface area (Å²) in [5.41, 5.74) is 0.449. The third kappa shape index (κ3) is 3.48. The van der Waals surface area contributed by atoms with Gasteiger partial charge in [0.25, 0.3) is 5.78 Å². The summed E-state index contributed by atoms with van der Waals surface area (Å²) >= 11 is 0. The van der Waals surface area contributed by atoms with E-state index in [1.807, 2.05) is 6.07 Å². The first kappa shape index (κ1) is 16.5. The van der Waals surface area contributed by atoms with E-state index >= 15 is 0 Å². The van der Waals surface area contributed by atoms with Gasteiger partial charge in [-0.2, -0.15) is 18.4 Å². The Kier molecular flexibility index (Phi) is 4.36. The van der Waals surface area contributed by atoms with Crippen molar-refractivity contribution in [2.45, 2.75) is 13.1 Å². The lowest BCUT2D eigenvalue weighted by Crippen LogP contribution is -2.25. The van der Waals surface area contributed by atoms with Crippen LogP contribution >= 0.6 is 0 Å². The first-order valence-corrected chi connectivity index (χ1v) is 6.55. The molecule has 0 aliphatic rings. The number of carbonyl (C=O) groups is 1. The Hall–Kier alpha value is -2.88. The molecule has 0 saturated heterocycles. The smallest absolute Gasteiger partial charge is 0.351 e. The molecule has 23 heavy (non-hydrogen) atoms. The molecule has 0 spiro atoms. The molecule has 0 amide bonds. The molecule has 0 atom stereocenters. The molecule has 1 heterocycles. The molecule has 0 bridgehead atoms. The summed E-state index contributed by atoms with van der Waals surface area (Å²) in [6, 6.07) is 8.70. The van der Waals surface area contributed by atoms with Gasteiger partial charge in [-0.25, -0.2) is 4.98 Å². The summed E-state index contributed by atoms with van der Waals surface area (Å²) < 4.78 is 37.2. The summed E-state index contributed by atoms with van der Waals surface area (Å²) in [7, 11) is 1.54. The lowest BCUT2D eigenvalue weighted by atomic mass is 10.1. The van der Waals surface area contributed by atoms with Crippen LogP contribution in [0.1, 0.15) is 12.6 Å². The highest BCUT2D eigenvalue weighted by atomic mass is 19.4. The predicted octanol–water partition coefficient (Wildman–Crippen LogP) is 3.58. The number of Topliss-reactive ketones (excluding diaryl/α,β-unsaturated/α-hetero) is 1. The number of nitriles is 1. The van der Waals surface area contributed by atoms with Gasteiger partial charge in [-0.15, -0.1) is 0 Å². The zero-order chi connectivity index (χ0) is 17.2. The van der Waals surface area contributed by atoms with Crippen LogP contribution < -0.4 is 4.90 Å². The number of aromatic nitrogens is 1. The third-order valence-corrected chi connectivity index (χ3v) is 3.26. The number of ketones is 1. The molecule has 1 aromatic carbocycles. The quantitative estimate of drug-likeness (QED) is 0.812. The minimum Gasteiger partial charge on any atom is -0.351 e. The van der Waals surface area contributed by atoms with Gasteiger partial charge in [0, 0.05) is 36.1 Å². The molecular formula is C16H12F3N3O. The Morgan fingerprint density at radius 2 is 2.04 bits per heavy atom. The van der Waals surface area contributed by atoms with Crippen LogP contribution in [0.5, 0.6) is 0 Å². The van der Waals surface area contributed by atoms with Gasteiger partial charge in [0.1, 0.15) is 11.8 Å². The highest BCUT2D eigenvalue weighted by molar-refractivity contribution is 5.99. The van der Waals surface area contributed by atoms with Crippen LogP contribution in [0.15, 0.2) is 42.2 Å². The minimum absolute atomic E-state index is 0.274. The molecule has 0 fully saturated rings. The van der Waals surface area contributed by atoms with E-state index in [0.29, 0.717) is 11.1 Å². The van der Waals surface area contributed by atoms with E-state index < -0.39 is 17.5 Å². The number of carbonyl (C=O) groups excluding carboxylic acids is 1. The van der Waals surface area contributed by atoms with Crippen LogP contribution in [-0.4, -0.2) is 24.0 Å². The largest absolute Gasteiger partial charge is 0.454 e. The molecule has 7 heteroatoms. The molecule has 0 saturated carbocycles. The number of halogens is 3. The molecular weight excluding hydrogens is 307 g/mol. The van der Waals surface area contributed by atoms with Gasteiger partial charge in [-0.1, -0.05) is 0 Å². The van der Waals surface area contributed by atoms with Crippen molar-refractivity contribution >= 4 is 22.2 Å².